The van der Waals surface area contributed by atoms with Crippen molar-refractivity contribution in [2.24, 2.45) is 7.05 Å². The van der Waals surface area contributed by atoms with Gasteiger partial charge in [0.05, 0.1) is 12.1 Å². The van der Waals surface area contributed by atoms with E-state index in [1.165, 1.54) is 0 Å². The Morgan fingerprint density at radius 2 is 2.10 bits per heavy atom. The van der Waals surface area contributed by atoms with Crippen molar-refractivity contribution in [3.63, 3.8) is 0 Å². The number of aryl methyl sites for hydroxylation is 1. The summed E-state index contributed by atoms with van der Waals surface area (Å²) in [6.45, 7) is 4.12. The van der Waals surface area contributed by atoms with Gasteiger partial charge in [-0.3, -0.25) is 9.48 Å². The summed E-state index contributed by atoms with van der Waals surface area (Å²) < 4.78 is 1.74. The first kappa shape index (κ1) is 14.1. The Bertz CT molecular complexity index is 645. The topological polar surface area (TPSA) is 75.4 Å². The van der Waals surface area contributed by atoms with E-state index in [0.29, 0.717) is 5.56 Å². The van der Waals surface area contributed by atoms with Crippen molar-refractivity contribution in [3.8, 4) is 16.9 Å². The molecule has 0 atom stereocenters. The summed E-state index contributed by atoms with van der Waals surface area (Å²) in [5.41, 5.74) is 3.17. The quantitative estimate of drug-likeness (QED) is 0.898. The molecule has 5 nitrogen and oxygen atoms in total. The van der Waals surface area contributed by atoms with E-state index in [0.717, 1.165) is 16.8 Å². The average Bonchev–Trinajstić information content (AvgIpc) is 2.73. The van der Waals surface area contributed by atoms with Gasteiger partial charge in [-0.15, -0.1) is 0 Å². The highest BCUT2D eigenvalue weighted by Crippen LogP contribution is 2.31. The predicted octanol–water partition coefficient (Wildman–Crippen LogP) is 2.54. The second kappa shape index (κ2) is 5.36. The van der Waals surface area contributed by atoms with Crippen molar-refractivity contribution in [3.05, 3.63) is 35.7 Å². The second-order valence-corrected chi connectivity index (χ2v) is 5.17. The average molecular weight is 274 g/mol. The standard InChI is InChI=1S/C15H18N2O3/c1-9(2)15-12(8-17(3)16-15)10-4-5-11(7-14(19)20)13(18)6-10/h4-6,8-9,18H,7H2,1-3H3,(H,19,20). The molecule has 0 aliphatic carbocycles. The fourth-order valence-electron chi connectivity index (χ4n) is 2.20. The second-order valence-electron chi connectivity index (χ2n) is 5.17. The lowest BCUT2D eigenvalue weighted by Gasteiger charge is -2.08. The van der Waals surface area contributed by atoms with E-state index in [1.807, 2.05) is 19.3 Å². The molecule has 0 bridgehead atoms. The lowest BCUT2D eigenvalue weighted by molar-refractivity contribution is -0.136. The molecule has 2 rings (SSSR count). The Hall–Kier alpha value is -2.30. The van der Waals surface area contributed by atoms with Crippen LogP contribution in [0.5, 0.6) is 5.75 Å². The number of phenols is 1. The number of aromatic nitrogens is 2. The number of benzene rings is 1. The SMILES string of the molecule is CC(C)c1nn(C)cc1-c1ccc(CC(=O)O)c(O)c1. The highest BCUT2D eigenvalue weighted by atomic mass is 16.4. The van der Waals surface area contributed by atoms with Crippen molar-refractivity contribution in [2.45, 2.75) is 26.2 Å². The molecule has 5 heteroatoms. The Morgan fingerprint density at radius 1 is 1.40 bits per heavy atom. The zero-order chi connectivity index (χ0) is 14.9. The zero-order valence-corrected chi connectivity index (χ0v) is 11.8. The van der Waals surface area contributed by atoms with Crippen LogP contribution in [-0.4, -0.2) is 26.0 Å². The molecule has 0 spiro atoms. The molecular formula is C15H18N2O3. The zero-order valence-electron chi connectivity index (χ0n) is 11.8. The lowest BCUT2D eigenvalue weighted by Crippen LogP contribution is -2.00. The minimum atomic E-state index is -0.961. The summed E-state index contributed by atoms with van der Waals surface area (Å²) in [5, 5.41) is 23.1. The van der Waals surface area contributed by atoms with Crippen molar-refractivity contribution >= 4 is 5.97 Å². The van der Waals surface area contributed by atoms with Crippen LogP contribution in [0.2, 0.25) is 0 Å². The van der Waals surface area contributed by atoms with Gasteiger partial charge in [-0.05, 0) is 17.5 Å². The molecule has 1 aromatic carbocycles. The van der Waals surface area contributed by atoms with E-state index in [9.17, 15) is 9.90 Å². The van der Waals surface area contributed by atoms with E-state index in [1.54, 1.807) is 16.8 Å². The molecule has 0 amide bonds. The molecule has 0 unspecified atom stereocenters. The van der Waals surface area contributed by atoms with Gasteiger partial charge < -0.3 is 10.2 Å². The Kier molecular flexibility index (Phi) is 3.79. The maximum absolute atomic E-state index is 10.7. The molecule has 2 aromatic rings. The number of hydrogen-bond donors (Lipinski definition) is 2. The maximum atomic E-state index is 10.7. The number of phenolic OH excluding ortho intramolecular Hbond substituents is 1. The van der Waals surface area contributed by atoms with Gasteiger partial charge in [0.2, 0.25) is 0 Å². The van der Waals surface area contributed by atoms with Crippen molar-refractivity contribution in [1.29, 1.82) is 0 Å². The highest BCUT2D eigenvalue weighted by molar-refractivity contribution is 5.73. The first-order valence-corrected chi connectivity index (χ1v) is 6.46. The highest BCUT2D eigenvalue weighted by Gasteiger charge is 2.15. The van der Waals surface area contributed by atoms with Crippen molar-refractivity contribution in [1.82, 2.24) is 9.78 Å². The molecule has 0 saturated heterocycles. The summed E-state index contributed by atoms with van der Waals surface area (Å²) in [4.78, 5) is 10.7. The largest absolute Gasteiger partial charge is 0.508 e. The van der Waals surface area contributed by atoms with E-state index in [2.05, 4.69) is 18.9 Å². The Labute approximate surface area is 117 Å². The van der Waals surface area contributed by atoms with Gasteiger partial charge in [0.25, 0.3) is 0 Å². The molecule has 1 heterocycles. The summed E-state index contributed by atoms with van der Waals surface area (Å²) >= 11 is 0. The number of rotatable bonds is 4. The molecule has 0 aliphatic rings. The summed E-state index contributed by atoms with van der Waals surface area (Å²) in [6.07, 6.45) is 1.72. The van der Waals surface area contributed by atoms with Gasteiger partial charge in [-0.25, -0.2) is 0 Å². The van der Waals surface area contributed by atoms with E-state index in [4.69, 9.17) is 5.11 Å². The minimum Gasteiger partial charge on any atom is -0.508 e. The van der Waals surface area contributed by atoms with E-state index < -0.39 is 5.97 Å². The minimum absolute atomic E-state index is 0.00320. The predicted molar refractivity (Wildman–Crippen MR) is 75.7 cm³/mol. The first-order valence-electron chi connectivity index (χ1n) is 6.46. The van der Waals surface area contributed by atoms with Crippen molar-refractivity contribution < 1.29 is 15.0 Å². The normalized spacial score (nSPS) is 11.0. The Morgan fingerprint density at radius 3 is 2.65 bits per heavy atom. The fraction of sp³-hybridized carbons (Fsp3) is 0.333. The van der Waals surface area contributed by atoms with Crippen LogP contribution in [0.25, 0.3) is 11.1 Å². The van der Waals surface area contributed by atoms with Crippen LogP contribution in [0.1, 0.15) is 31.0 Å². The number of carboxylic acid groups (broad SMARTS) is 1. The maximum Gasteiger partial charge on any atom is 0.307 e. The third kappa shape index (κ3) is 2.82. The summed E-state index contributed by atoms with van der Waals surface area (Å²) in [5.74, 6) is -0.687. The van der Waals surface area contributed by atoms with Gasteiger partial charge >= 0.3 is 5.97 Å². The van der Waals surface area contributed by atoms with Crippen LogP contribution in [0.4, 0.5) is 0 Å². The van der Waals surface area contributed by atoms with Gasteiger partial charge in [-0.1, -0.05) is 26.0 Å². The van der Waals surface area contributed by atoms with Crippen LogP contribution in [-0.2, 0) is 18.3 Å². The van der Waals surface area contributed by atoms with Crippen LogP contribution >= 0.6 is 0 Å². The molecule has 20 heavy (non-hydrogen) atoms. The molecule has 0 fully saturated rings. The molecule has 0 aliphatic heterocycles. The van der Waals surface area contributed by atoms with Crippen LogP contribution in [0.3, 0.4) is 0 Å². The van der Waals surface area contributed by atoms with Crippen molar-refractivity contribution in [2.75, 3.05) is 0 Å². The van der Waals surface area contributed by atoms with E-state index in [-0.39, 0.29) is 18.1 Å². The number of hydrogen-bond acceptors (Lipinski definition) is 3. The van der Waals surface area contributed by atoms with Gasteiger partial charge in [-0.2, -0.15) is 5.10 Å². The number of aliphatic carboxylic acids is 1. The number of nitrogens with zero attached hydrogens (tertiary/aromatic N) is 2. The van der Waals surface area contributed by atoms with Crippen LogP contribution in [0.15, 0.2) is 24.4 Å². The third-order valence-electron chi connectivity index (χ3n) is 3.14. The van der Waals surface area contributed by atoms with Gasteiger partial charge in [0, 0.05) is 24.4 Å². The molecule has 2 N–H and O–H groups in total. The smallest absolute Gasteiger partial charge is 0.307 e. The molecular weight excluding hydrogens is 256 g/mol. The van der Waals surface area contributed by atoms with Gasteiger partial charge in [0.15, 0.2) is 0 Å². The van der Waals surface area contributed by atoms with Gasteiger partial charge in [0.1, 0.15) is 5.75 Å². The molecule has 106 valence electrons. The third-order valence-corrected chi connectivity index (χ3v) is 3.14. The summed E-state index contributed by atoms with van der Waals surface area (Å²) in [6, 6.07) is 5.07. The number of aromatic hydroxyl groups is 1. The molecule has 1 aromatic heterocycles. The van der Waals surface area contributed by atoms with Crippen LogP contribution < -0.4 is 0 Å². The van der Waals surface area contributed by atoms with Crippen LogP contribution in [0, 0.1) is 0 Å². The van der Waals surface area contributed by atoms with E-state index >= 15 is 0 Å². The number of carboxylic acids is 1. The monoisotopic (exact) mass is 274 g/mol. The lowest BCUT2D eigenvalue weighted by atomic mass is 9.98. The molecule has 0 radical (unpaired) electrons. The summed E-state index contributed by atoms with van der Waals surface area (Å²) in [7, 11) is 1.86. The Balaban J connectivity index is 2.44. The fourth-order valence-corrected chi connectivity index (χ4v) is 2.20. The first-order chi connectivity index (χ1) is 9.38. The number of carbonyl (C=O) groups is 1. The molecule has 0 saturated carbocycles.